The summed E-state index contributed by atoms with van der Waals surface area (Å²) >= 11 is 0. The minimum atomic E-state index is -1.10. The van der Waals surface area contributed by atoms with Crippen molar-refractivity contribution in [3.8, 4) is 0 Å². The standard InChI is InChI=1S/C25H25NSi.2C2H6N.Mo/c1-25(2,3)26-24-22-17-11-10-12-19(22)18-23(24)27(20-13-6-4-7-14-20)21-15-8-5-9-16-21;2*1-3-2;/h4-18,26H,1-3H3;2*1-2H3;/q3*-1;+3. The summed E-state index contributed by atoms with van der Waals surface area (Å²) in [5, 5.41) is 17.7. The average molecular weight is 552 g/mol. The summed E-state index contributed by atoms with van der Waals surface area (Å²) < 4.78 is 0. The maximum absolute atomic E-state index is 3.82. The molecule has 0 atom stereocenters. The molecule has 3 nitrogen and oxygen atoms in total. The minimum absolute atomic E-state index is 0. The van der Waals surface area contributed by atoms with Crippen LogP contribution in [0.25, 0.3) is 21.4 Å². The van der Waals surface area contributed by atoms with Crippen molar-refractivity contribution in [1.82, 2.24) is 0 Å². The zero-order valence-corrected chi connectivity index (χ0v) is 24.5. The Morgan fingerprint density at radius 3 is 1.53 bits per heavy atom. The smallest absolute Gasteiger partial charge is 0.668 e. The molecule has 0 saturated carbocycles. The van der Waals surface area contributed by atoms with Crippen LogP contribution in [0.4, 0.5) is 5.69 Å². The van der Waals surface area contributed by atoms with E-state index in [4.69, 9.17) is 0 Å². The molecule has 0 aliphatic rings. The Balaban J connectivity index is 0.000000751. The van der Waals surface area contributed by atoms with Crippen LogP contribution in [0, 0.1) is 0 Å². The Bertz CT molecular complexity index is 1030. The number of hydrogen-bond donors (Lipinski definition) is 1. The van der Waals surface area contributed by atoms with Crippen LogP contribution in [0.2, 0.25) is 0 Å². The molecule has 0 bridgehead atoms. The maximum Gasteiger partial charge on any atom is 3.00 e. The molecule has 2 radical (unpaired) electrons. The fourth-order valence-corrected chi connectivity index (χ4v) is 6.37. The van der Waals surface area contributed by atoms with Crippen LogP contribution >= 0.6 is 0 Å². The van der Waals surface area contributed by atoms with E-state index in [0.29, 0.717) is 0 Å². The van der Waals surface area contributed by atoms with Gasteiger partial charge in [-0.15, -0.1) is 40.2 Å². The Labute approximate surface area is 222 Å². The predicted molar refractivity (Wildman–Crippen MR) is 151 cm³/mol. The second-order valence-electron chi connectivity index (χ2n) is 8.90. The van der Waals surface area contributed by atoms with E-state index in [0.717, 1.165) is 0 Å². The van der Waals surface area contributed by atoms with Crippen LogP contribution in [-0.2, 0) is 21.1 Å². The van der Waals surface area contributed by atoms with E-state index in [2.05, 4.69) is 128 Å². The van der Waals surface area contributed by atoms with E-state index >= 15 is 0 Å². The van der Waals surface area contributed by atoms with Gasteiger partial charge in [-0.1, -0.05) is 82.8 Å². The van der Waals surface area contributed by atoms with E-state index < -0.39 is 8.80 Å². The first kappa shape index (κ1) is 29.9. The molecule has 4 rings (SSSR count). The summed E-state index contributed by atoms with van der Waals surface area (Å²) in [5.74, 6) is 0. The van der Waals surface area contributed by atoms with Crippen molar-refractivity contribution in [3.63, 3.8) is 0 Å². The summed E-state index contributed by atoms with van der Waals surface area (Å²) in [6, 6.07) is 33.1. The molecule has 0 unspecified atom stereocenters. The first-order valence-corrected chi connectivity index (χ1v) is 12.8. The minimum Gasteiger partial charge on any atom is -0.668 e. The van der Waals surface area contributed by atoms with Gasteiger partial charge >= 0.3 is 21.1 Å². The Morgan fingerprint density at radius 2 is 1.09 bits per heavy atom. The SMILES string of the molecule is CC(C)(C)Nc1c([Si](c2ccccc2)c2ccccc2)[cH-]c2ccccc12.C[N-]C.C[N-]C.[Mo+3]. The van der Waals surface area contributed by atoms with E-state index in [1.54, 1.807) is 28.2 Å². The first-order chi connectivity index (χ1) is 15.9. The van der Waals surface area contributed by atoms with Crippen LogP contribution in [0.5, 0.6) is 0 Å². The number of hydrogen-bond acceptors (Lipinski definition) is 1. The number of anilines is 1. The Hall–Kier alpha value is -2.10. The molecule has 0 aliphatic carbocycles. The molecular formula is C29H37MoN3Si. The van der Waals surface area contributed by atoms with E-state index in [1.807, 2.05) is 0 Å². The average Bonchev–Trinajstić information content (AvgIpc) is 3.13. The number of fused-ring (bicyclic) bond motifs is 1. The van der Waals surface area contributed by atoms with Crippen LogP contribution in [0.1, 0.15) is 20.8 Å². The molecular weight excluding hydrogens is 514 g/mol. The van der Waals surface area contributed by atoms with E-state index in [1.165, 1.54) is 32.0 Å². The molecule has 1 N–H and O–H groups in total. The molecule has 0 amide bonds. The molecule has 4 aromatic carbocycles. The molecule has 5 heteroatoms. The zero-order valence-electron chi connectivity index (χ0n) is 21.5. The second-order valence-corrected chi connectivity index (χ2v) is 11.3. The van der Waals surface area contributed by atoms with Gasteiger partial charge in [-0.25, -0.2) is 0 Å². The zero-order chi connectivity index (χ0) is 24.3. The van der Waals surface area contributed by atoms with Crippen molar-refractivity contribution in [3.05, 3.63) is 102 Å². The summed E-state index contributed by atoms with van der Waals surface area (Å²) in [6.45, 7) is 6.70. The molecule has 4 aromatic rings. The van der Waals surface area contributed by atoms with Crippen LogP contribution in [0.15, 0.2) is 91.0 Å². The molecule has 0 aromatic heterocycles. The summed E-state index contributed by atoms with van der Waals surface area (Å²) in [5.41, 5.74) is 1.30. The monoisotopic (exact) mass is 553 g/mol. The van der Waals surface area contributed by atoms with Crippen molar-refractivity contribution in [2.24, 2.45) is 0 Å². The third-order valence-corrected chi connectivity index (χ3v) is 7.45. The molecule has 0 saturated heterocycles. The van der Waals surface area contributed by atoms with Gasteiger partial charge < -0.3 is 16.0 Å². The molecule has 34 heavy (non-hydrogen) atoms. The van der Waals surface area contributed by atoms with Crippen molar-refractivity contribution >= 4 is 40.8 Å². The largest absolute Gasteiger partial charge is 3.00 e. The van der Waals surface area contributed by atoms with Crippen LogP contribution in [-0.4, -0.2) is 42.5 Å². The molecule has 0 aliphatic heterocycles. The van der Waals surface area contributed by atoms with Crippen LogP contribution < -0.4 is 20.9 Å². The molecule has 0 heterocycles. The van der Waals surface area contributed by atoms with Gasteiger partial charge in [0.25, 0.3) is 0 Å². The fourth-order valence-electron chi connectivity index (χ4n) is 3.62. The van der Waals surface area contributed by atoms with Gasteiger partial charge in [-0.2, -0.15) is 28.2 Å². The molecule has 0 spiro atoms. The number of rotatable bonds is 4. The Kier molecular flexibility index (Phi) is 13.2. The second kappa shape index (κ2) is 15.0. The van der Waals surface area contributed by atoms with Gasteiger partial charge in [0.15, 0.2) is 0 Å². The normalized spacial score (nSPS) is 10.5. The maximum atomic E-state index is 3.82. The van der Waals surface area contributed by atoms with Crippen molar-refractivity contribution in [1.29, 1.82) is 0 Å². The van der Waals surface area contributed by atoms with Gasteiger partial charge in [0.05, 0.1) is 0 Å². The van der Waals surface area contributed by atoms with Gasteiger partial charge in [0.2, 0.25) is 0 Å². The topological polar surface area (TPSA) is 40.2 Å². The van der Waals surface area contributed by atoms with Crippen molar-refractivity contribution in [2.75, 3.05) is 33.5 Å². The van der Waals surface area contributed by atoms with E-state index in [9.17, 15) is 0 Å². The van der Waals surface area contributed by atoms with Gasteiger partial charge in [-0.05, 0) is 20.8 Å². The third-order valence-electron chi connectivity index (χ3n) is 4.69. The predicted octanol–water partition coefficient (Wildman–Crippen LogP) is 5.52. The van der Waals surface area contributed by atoms with Gasteiger partial charge in [-0.3, -0.25) is 0 Å². The first-order valence-electron chi connectivity index (χ1n) is 11.3. The van der Waals surface area contributed by atoms with Gasteiger partial charge in [0, 0.05) is 5.54 Å². The summed E-state index contributed by atoms with van der Waals surface area (Å²) in [6.07, 6.45) is 0. The molecule has 178 valence electrons. The quantitative estimate of drug-likeness (QED) is 0.263. The number of nitrogens with zero attached hydrogens (tertiary/aromatic N) is 2. The third kappa shape index (κ3) is 8.59. The van der Waals surface area contributed by atoms with Gasteiger partial charge in [0.1, 0.15) is 8.80 Å². The summed E-state index contributed by atoms with van der Waals surface area (Å²) in [4.78, 5) is 0. The van der Waals surface area contributed by atoms with Crippen LogP contribution in [0.3, 0.4) is 0 Å². The van der Waals surface area contributed by atoms with E-state index in [-0.39, 0.29) is 26.6 Å². The fraction of sp³-hybridized carbons (Fsp3) is 0.276. The summed E-state index contributed by atoms with van der Waals surface area (Å²) in [7, 11) is 5.90. The number of nitrogens with one attached hydrogen (secondary N) is 1. The van der Waals surface area contributed by atoms with Crippen molar-refractivity contribution in [2.45, 2.75) is 26.3 Å². The Morgan fingerprint density at radius 1 is 0.676 bits per heavy atom. The molecule has 0 fully saturated rings. The van der Waals surface area contributed by atoms with Crippen molar-refractivity contribution < 1.29 is 21.1 Å². The number of benzene rings is 3.